The van der Waals surface area contributed by atoms with Gasteiger partial charge in [0.2, 0.25) is 0 Å². The van der Waals surface area contributed by atoms with Crippen LogP contribution < -0.4 is 5.73 Å². The molecule has 0 aliphatic rings. The van der Waals surface area contributed by atoms with Crippen molar-refractivity contribution in [2.24, 2.45) is 5.73 Å². The van der Waals surface area contributed by atoms with Gasteiger partial charge in [0.05, 0.1) is 0 Å². The molecule has 17 heavy (non-hydrogen) atoms. The van der Waals surface area contributed by atoms with Crippen molar-refractivity contribution in [2.45, 2.75) is 38.6 Å². The molecule has 1 rings (SSSR count). The summed E-state index contributed by atoms with van der Waals surface area (Å²) in [6.45, 7) is 3.72. The molecule has 4 heteroatoms. The lowest BCUT2D eigenvalue weighted by Gasteiger charge is -2.17. The molecule has 94 valence electrons. The van der Waals surface area contributed by atoms with E-state index in [4.69, 9.17) is 17.3 Å². The van der Waals surface area contributed by atoms with Gasteiger partial charge < -0.3 is 5.73 Å². The zero-order valence-electron chi connectivity index (χ0n) is 10.1. The highest BCUT2D eigenvalue weighted by Crippen LogP contribution is 2.17. The molecule has 0 aliphatic heterocycles. The molecule has 2 nitrogen and oxygen atoms in total. The van der Waals surface area contributed by atoms with Crippen LogP contribution >= 0.6 is 11.6 Å². The minimum Gasteiger partial charge on any atom is -0.326 e. The number of hydrogen-bond acceptors (Lipinski definition) is 2. The van der Waals surface area contributed by atoms with Gasteiger partial charge in [0, 0.05) is 23.4 Å². The smallest absolute Gasteiger partial charge is 0.137 e. The van der Waals surface area contributed by atoms with E-state index in [0.29, 0.717) is 23.4 Å². The normalized spacial score (nSPS) is 11.6. The average Bonchev–Trinajstić information content (AvgIpc) is 2.20. The fraction of sp³-hybridized carbons (Fsp3) is 0.462. The molecule has 0 atom stereocenters. The molecule has 1 aromatic carbocycles. The number of Topliss-reactive ketones (excluding diaryl/α,β-unsaturated/α-hetero) is 1. The van der Waals surface area contributed by atoms with Crippen molar-refractivity contribution in [1.82, 2.24) is 0 Å². The summed E-state index contributed by atoms with van der Waals surface area (Å²) in [5, 5.41) is 0.438. The lowest BCUT2D eigenvalue weighted by molar-refractivity contribution is -0.118. The first-order valence-corrected chi connectivity index (χ1v) is 5.90. The van der Waals surface area contributed by atoms with Gasteiger partial charge in [0.25, 0.3) is 0 Å². The molecule has 0 unspecified atom stereocenters. The van der Waals surface area contributed by atoms with Crippen LogP contribution in [0.5, 0.6) is 0 Å². The zero-order valence-corrected chi connectivity index (χ0v) is 10.9. The molecule has 1 aromatic rings. The van der Waals surface area contributed by atoms with Crippen LogP contribution in [0.15, 0.2) is 18.2 Å². The van der Waals surface area contributed by atoms with Crippen LogP contribution in [-0.2, 0) is 11.2 Å². The molecule has 0 bridgehead atoms. The molecule has 0 saturated heterocycles. The van der Waals surface area contributed by atoms with Gasteiger partial charge in [-0.25, -0.2) is 4.39 Å². The van der Waals surface area contributed by atoms with Crippen molar-refractivity contribution >= 4 is 17.4 Å². The number of benzene rings is 1. The van der Waals surface area contributed by atoms with Crippen LogP contribution in [0, 0.1) is 5.82 Å². The number of rotatable bonds is 5. The summed E-state index contributed by atoms with van der Waals surface area (Å²) in [5.41, 5.74) is 5.76. The summed E-state index contributed by atoms with van der Waals surface area (Å²) < 4.78 is 13.4. The van der Waals surface area contributed by atoms with E-state index in [1.807, 2.05) is 13.8 Å². The Morgan fingerprint density at radius 3 is 2.71 bits per heavy atom. The van der Waals surface area contributed by atoms with Crippen LogP contribution in [-0.4, -0.2) is 11.3 Å². The monoisotopic (exact) mass is 257 g/mol. The maximum absolute atomic E-state index is 13.4. The van der Waals surface area contributed by atoms with Crippen LogP contribution in [0.2, 0.25) is 5.02 Å². The van der Waals surface area contributed by atoms with Gasteiger partial charge in [-0.1, -0.05) is 11.6 Å². The molecule has 0 aliphatic carbocycles. The summed E-state index contributed by atoms with van der Waals surface area (Å²) in [4.78, 5) is 11.7. The van der Waals surface area contributed by atoms with E-state index in [1.54, 1.807) is 0 Å². The van der Waals surface area contributed by atoms with E-state index in [2.05, 4.69) is 0 Å². The zero-order chi connectivity index (χ0) is 13.1. The molecule has 2 N–H and O–H groups in total. The minimum absolute atomic E-state index is 0.0234. The van der Waals surface area contributed by atoms with Crippen LogP contribution in [0.4, 0.5) is 4.39 Å². The Morgan fingerprint density at radius 1 is 1.47 bits per heavy atom. The second-order valence-electron chi connectivity index (χ2n) is 4.94. The third-order valence-corrected chi connectivity index (χ3v) is 2.68. The summed E-state index contributed by atoms with van der Waals surface area (Å²) in [6.07, 6.45) is 1.02. The van der Waals surface area contributed by atoms with Crippen molar-refractivity contribution < 1.29 is 9.18 Å². The first-order chi connectivity index (χ1) is 7.78. The molecule has 0 fully saturated rings. The number of hydrogen-bond donors (Lipinski definition) is 1. The highest BCUT2D eigenvalue weighted by atomic mass is 35.5. The average molecular weight is 258 g/mol. The molecule has 0 saturated carbocycles. The van der Waals surface area contributed by atoms with E-state index >= 15 is 0 Å². The predicted octanol–water partition coefficient (Wildman–Crippen LogP) is 3.11. The molecular formula is C13H17ClFNO. The summed E-state index contributed by atoms with van der Waals surface area (Å²) >= 11 is 5.75. The Balaban J connectivity index is 2.59. The summed E-state index contributed by atoms with van der Waals surface area (Å²) in [7, 11) is 0. The van der Waals surface area contributed by atoms with Gasteiger partial charge in [-0.2, -0.15) is 0 Å². The number of carbonyl (C=O) groups is 1. The maximum atomic E-state index is 13.4. The van der Waals surface area contributed by atoms with Gasteiger partial charge >= 0.3 is 0 Å². The van der Waals surface area contributed by atoms with E-state index < -0.39 is 5.82 Å². The summed E-state index contributed by atoms with van der Waals surface area (Å²) in [5.74, 6) is -0.417. The maximum Gasteiger partial charge on any atom is 0.137 e. The molecule has 0 aromatic heterocycles. The van der Waals surface area contributed by atoms with Crippen molar-refractivity contribution in [3.8, 4) is 0 Å². The van der Waals surface area contributed by atoms with Crippen LogP contribution in [0.1, 0.15) is 32.3 Å². The van der Waals surface area contributed by atoms with Gasteiger partial charge in [0.1, 0.15) is 11.6 Å². The Labute approximate surface area is 106 Å². The molecule has 0 heterocycles. The predicted molar refractivity (Wildman–Crippen MR) is 67.6 cm³/mol. The van der Waals surface area contributed by atoms with Gasteiger partial charge in [-0.15, -0.1) is 0 Å². The molecule has 0 amide bonds. The molecule has 0 spiro atoms. The Bertz CT molecular complexity index is 412. The first-order valence-electron chi connectivity index (χ1n) is 5.52. The van der Waals surface area contributed by atoms with Crippen molar-refractivity contribution in [2.75, 3.05) is 0 Å². The van der Waals surface area contributed by atoms with Crippen LogP contribution in [0.3, 0.4) is 0 Å². The lowest BCUT2D eigenvalue weighted by Crippen LogP contribution is -2.32. The molecule has 0 radical (unpaired) electrons. The SMILES string of the molecule is CC(C)(N)CCC(=O)Cc1cc(Cl)ccc1F. The Kier molecular flexibility index (Phi) is 4.66. The van der Waals surface area contributed by atoms with Gasteiger partial charge in [-0.05, 0) is 44.0 Å². The standard InChI is InChI=1S/C13H17ClFNO/c1-13(2,16)6-5-11(17)8-9-7-10(14)3-4-12(9)15/h3-4,7H,5-6,8,16H2,1-2H3. The highest BCUT2D eigenvalue weighted by molar-refractivity contribution is 6.30. The van der Waals surface area contributed by atoms with E-state index in [1.165, 1.54) is 18.2 Å². The highest BCUT2D eigenvalue weighted by Gasteiger charge is 2.14. The molecular weight excluding hydrogens is 241 g/mol. The number of nitrogens with two attached hydrogens (primary N) is 1. The second-order valence-corrected chi connectivity index (χ2v) is 5.38. The van der Waals surface area contributed by atoms with E-state index in [0.717, 1.165) is 0 Å². The lowest BCUT2D eigenvalue weighted by atomic mass is 9.96. The third kappa shape index (κ3) is 5.29. The van der Waals surface area contributed by atoms with E-state index in [-0.39, 0.29) is 17.7 Å². The van der Waals surface area contributed by atoms with Crippen LogP contribution in [0.25, 0.3) is 0 Å². The van der Waals surface area contributed by atoms with Gasteiger partial charge in [0.15, 0.2) is 0 Å². The van der Waals surface area contributed by atoms with Crippen molar-refractivity contribution in [1.29, 1.82) is 0 Å². The van der Waals surface area contributed by atoms with Crippen molar-refractivity contribution in [3.63, 3.8) is 0 Å². The number of ketones is 1. The van der Waals surface area contributed by atoms with Gasteiger partial charge in [-0.3, -0.25) is 4.79 Å². The summed E-state index contributed by atoms with van der Waals surface area (Å²) in [6, 6.07) is 4.23. The fourth-order valence-corrected chi connectivity index (χ4v) is 1.64. The fourth-order valence-electron chi connectivity index (χ4n) is 1.44. The van der Waals surface area contributed by atoms with E-state index in [9.17, 15) is 9.18 Å². The number of carbonyl (C=O) groups excluding carboxylic acids is 1. The Morgan fingerprint density at radius 2 is 2.12 bits per heavy atom. The second kappa shape index (κ2) is 5.61. The third-order valence-electron chi connectivity index (χ3n) is 2.44. The van der Waals surface area contributed by atoms with Crippen molar-refractivity contribution in [3.05, 3.63) is 34.6 Å². The topological polar surface area (TPSA) is 43.1 Å². The largest absolute Gasteiger partial charge is 0.326 e. The minimum atomic E-state index is -0.394. The first kappa shape index (κ1) is 14.1. The Hall–Kier alpha value is -0.930. The quantitative estimate of drug-likeness (QED) is 0.881. The number of halogens is 2.